The van der Waals surface area contributed by atoms with Crippen LogP contribution in [0.1, 0.15) is 125 Å². The van der Waals surface area contributed by atoms with Gasteiger partial charge in [0.15, 0.2) is 18.4 Å². The average Bonchev–Trinajstić information content (AvgIpc) is 3.68. The quantitative estimate of drug-likeness (QED) is 0.211. The van der Waals surface area contributed by atoms with Crippen LogP contribution in [0.4, 0.5) is 0 Å². The Bertz CT molecular complexity index is 1800. The van der Waals surface area contributed by atoms with Crippen LogP contribution in [0.25, 0.3) is 28.1 Å². The molecule has 0 amide bonds. The lowest BCUT2D eigenvalue weighted by Gasteiger charge is -2.20. The molecule has 5 heterocycles. The summed E-state index contributed by atoms with van der Waals surface area (Å²) in [6.07, 6.45) is -0.176. The first-order chi connectivity index (χ1) is 20.5. The molecule has 0 fully saturated rings. The zero-order valence-electron chi connectivity index (χ0n) is 25.3. The van der Waals surface area contributed by atoms with Gasteiger partial charge in [0.2, 0.25) is 0 Å². The van der Waals surface area contributed by atoms with E-state index in [2.05, 4.69) is 36.5 Å². The van der Waals surface area contributed by atoms with Gasteiger partial charge in [-0.25, -0.2) is 0 Å². The van der Waals surface area contributed by atoms with Gasteiger partial charge in [0.25, 0.3) is 0 Å². The van der Waals surface area contributed by atoms with Crippen molar-refractivity contribution in [2.45, 2.75) is 96.1 Å². The highest BCUT2D eigenvalue weighted by atomic mass is 16.5. The van der Waals surface area contributed by atoms with Gasteiger partial charge in [0.1, 0.15) is 5.92 Å². The van der Waals surface area contributed by atoms with Crippen molar-refractivity contribution in [3.8, 4) is 0 Å². The Balaban J connectivity index is 1.79. The maximum Gasteiger partial charge on any atom is 0.178 e. The smallest absolute Gasteiger partial charge is 0.178 e. The molecule has 6 rings (SSSR count). The van der Waals surface area contributed by atoms with Crippen molar-refractivity contribution in [3.05, 3.63) is 75.4 Å². The van der Waals surface area contributed by atoms with Crippen molar-refractivity contribution in [2.24, 2.45) is 0 Å². The van der Waals surface area contributed by atoms with Gasteiger partial charge in [-0.3, -0.25) is 14.8 Å². The minimum atomic E-state index is -1.92. The Morgan fingerprint density at radius 2 is 1.53 bits per heavy atom. The molecule has 3 aliphatic rings. The van der Waals surface area contributed by atoms with Crippen LogP contribution in [0.3, 0.4) is 0 Å². The van der Waals surface area contributed by atoms with Gasteiger partial charge >= 0.3 is 0 Å². The Kier molecular flexibility index (Phi) is 7.41. The van der Waals surface area contributed by atoms with Crippen LogP contribution in [0.15, 0.2) is 24.8 Å². The van der Waals surface area contributed by atoms with Crippen molar-refractivity contribution in [1.29, 1.82) is 0 Å². The number of ketones is 1. The molecular weight excluding hydrogens is 544 g/mol. The molecule has 0 saturated heterocycles. The molecule has 5 unspecified atom stereocenters. The van der Waals surface area contributed by atoms with Crippen molar-refractivity contribution >= 4 is 33.9 Å². The van der Waals surface area contributed by atoms with Gasteiger partial charge in [-0.15, -0.1) is 0 Å². The number of aryl methyl sites for hydroxylation is 2. The lowest BCUT2D eigenvalue weighted by atomic mass is 9.83. The number of hydrogen-bond donors (Lipinski definition) is 6. The van der Waals surface area contributed by atoms with Gasteiger partial charge in [-0.2, -0.15) is 0 Å². The van der Waals surface area contributed by atoms with E-state index in [-0.39, 0.29) is 35.9 Å². The molecule has 3 aromatic heterocycles. The first kappa shape index (κ1) is 29.4. The SMILES string of the molecule is C=Cc1c(C)c2cc3nc(c4c5[nH]c(cc6nc(cc1[nH]2)C(C)C6CC)c(C)c5C(=O)C4C(O)O)C(CCC(O)O)C3C. The first-order valence-electron chi connectivity index (χ1n) is 15.1. The Hall–Kier alpha value is -3.63. The van der Waals surface area contributed by atoms with Crippen molar-refractivity contribution < 1.29 is 25.2 Å². The molecule has 6 N–H and O–H groups in total. The minimum Gasteiger partial charge on any atom is -0.368 e. The van der Waals surface area contributed by atoms with E-state index in [1.54, 1.807) is 0 Å². The summed E-state index contributed by atoms with van der Waals surface area (Å²) in [5, 5.41) is 40.5. The molecule has 5 atom stereocenters. The van der Waals surface area contributed by atoms with E-state index in [9.17, 15) is 25.2 Å². The third kappa shape index (κ3) is 4.57. The lowest BCUT2D eigenvalue weighted by Crippen LogP contribution is -2.24. The van der Waals surface area contributed by atoms with E-state index in [4.69, 9.17) is 9.97 Å². The van der Waals surface area contributed by atoms with Gasteiger partial charge in [0, 0.05) is 74.0 Å². The highest BCUT2D eigenvalue weighted by Gasteiger charge is 2.44. The van der Waals surface area contributed by atoms with E-state index in [1.165, 1.54) is 0 Å². The molecule has 9 nitrogen and oxygen atoms in total. The molecule has 0 saturated carbocycles. The number of Topliss-reactive ketones (excluding diaryl/α,β-unsaturated/α-hetero) is 1. The second kappa shape index (κ2) is 10.8. The van der Waals surface area contributed by atoms with Crippen molar-refractivity contribution in [3.63, 3.8) is 0 Å². The maximum absolute atomic E-state index is 13.8. The predicted octanol–water partition coefficient (Wildman–Crippen LogP) is 5.44. The number of H-pyrrole nitrogens is 2. The molecule has 9 heteroatoms. The van der Waals surface area contributed by atoms with E-state index < -0.39 is 18.5 Å². The lowest BCUT2D eigenvalue weighted by molar-refractivity contribution is -0.0526. The minimum absolute atomic E-state index is 0.112. The van der Waals surface area contributed by atoms with Crippen LogP contribution in [-0.2, 0) is 0 Å². The van der Waals surface area contributed by atoms with Crippen molar-refractivity contribution in [1.82, 2.24) is 19.9 Å². The number of nitrogens with one attached hydrogen (secondary N) is 2. The summed E-state index contributed by atoms with van der Waals surface area (Å²) in [5.74, 6) is -1.62. The van der Waals surface area contributed by atoms with Gasteiger partial charge in [-0.05, 0) is 62.4 Å². The topological polar surface area (TPSA) is 155 Å². The third-order valence-corrected chi connectivity index (χ3v) is 9.98. The molecule has 0 radical (unpaired) electrons. The number of aliphatic hydroxyl groups is 4. The van der Waals surface area contributed by atoms with Crippen LogP contribution in [0, 0.1) is 13.8 Å². The summed E-state index contributed by atoms with van der Waals surface area (Å²) in [6, 6.07) is 6.12. The Morgan fingerprint density at radius 1 is 0.907 bits per heavy atom. The molecule has 226 valence electrons. The van der Waals surface area contributed by atoms with Crippen LogP contribution in [0.2, 0.25) is 0 Å². The van der Waals surface area contributed by atoms with E-state index in [0.717, 1.165) is 56.7 Å². The Labute approximate surface area is 250 Å². The highest BCUT2D eigenvalue weighted by Crippen LogP contribution is 2.48. The first-order valence-corrected chi connectivity index (χ1v) is 15.1. The monoisotopic (exact) mass is 584 g/mol. The van der Waals surface area contributed by atoms with Gasteiger partial charge in [-0.1, -0.05) is 33.4 Å². The van der Waals surface area contributed by atoms with Gasteiger partial charge < -0.3 is 30.4 Å². The van der Waals surface area contributed by atoms with Crippen LogP contribution >= 0.6 is 0 Å². The fourth-order valence-corrected chi connectivity index (χ4v) is 7.47. The van der Waals surface area contributed by atoms with E-state index in [0.29, 0.717) is 28.8 Å². The van der Waals surface area contributed by atoms with Crippen LogP contribution in [0.5, 0.6) is 0 Å². The fraction of sp³-hybridized carbons (Fsp3) is 0.441. The molecule has 43 heavy (non-hydrogen) atoms. The third-order valence-electron chi connectivity index (χ3n) is 9.98. The maximum atomic E-state index is 13.8. The number of aliphatic hydroxyl groups excluding tert-OH is 2. The number of aromatic amines is 2. The summed E-state index contributed by atoms with van der Waals surface area (Å²) in [5.41, 5.74) is 9.96. The van der Waals surface area contributed by atoms with Crippen LogP contribution in [-0.4, -0.2) is 58.7 Å². The molecule has 0 aromatic carbocycles. The normalized spacial score (nSPS) is 23.1. The zero-order valence-corrected chi connectivity index (χ0v) is 25.3. The number of carbonyl (C=O) groups excluding carboxylic acids is 1. The summed E-state index contributed by atoms with van der Waals surface area (Å²) in [7, 11) is 0. The summed E-state index contributed by atoms with van der Waals surface area (Å²) >= 11 is 0. The van der Waals surface area contributed by atoms with E-state index in [1.807, 2.05) is 39.0 Å². The zero-order chi connectivity index (χ0) is 30.9. The number of aromatic nitrogens is 4. The molecular formula is C34H40N4O5. The second-order valence-corrected chi connectivity index (χ2v) is 12.4. The van der Waals surface area contributed by atoms with Crippen molar-refractivity contribution in [2.75, 3.05) is 0 Å². The van der Waals surface area contributed by atoms with E-state index >= 15 is 0 Å². The number of nitrogens with zero attached hydrogens (tertiary/aromatic N) is 2. The van der Waals surface area contributed by atoms with Gasteiger partial charge in [0.05, 0.1) is 11.2 Å². The summed E-state index contributed by atoms with van der Waals surface area (Å²) < 4.78 is 0. The average molecular weight is 585 g/mol. The summed E-state index contributed by atoms with van der Waals surface area (Å²) in [4.78, 5) is 31.0. The molecule has 2 aliphatic heterocycles. The number of fused-ring (bicyclic) bond motifs is 8. The number of hydrogen-bond acceptors (Lipinski definition) is 7. The molecule has 1 aliphatic carbocycles. The second-order valence-electron chi connectivity index (χ2n) is 12.4. The highest BCUT2D eigenvalue weighted by molar-refractivity contribution is 6.16. The number of rotatable bonds is 6. The summed E-state index contributed by atoms with van der Waals surface area (Å²) in [6.45, 7) is 14.3. The molecule has 3 aromatic rings. The molecule has 8 bridgehead atoms. The fourth-order valence-electron chi connectivity index (χ4n) is 7.47. The Morgan fingerprint density at radius 3 is 2.19 bits per heavy atom. The number of carbonyl (C=O) groups is 1. The van der Waals surface area contributed by atoms with Crippen LogP contribution < -0.4 is 0 Å². The standard InChI is InChI=1S/C34H40N4O5/c1-7-18-14(3)21-11-23-16(5)20(9-10-27(39)40)31(37-23)29-30(34(42)43)33(41)28-17(6)24(38-32(28)29)13-26-19(8-2)15(4)22(36-26)12-25(18)35-21/h7,11-13,15-16,19-20,27,30,34-35,38-40,42-43H,1,8-10H2,2-6H3. The molecule has 0 spiro atoms. The largest absolute Gasteiger partial charge is 0.368 e. The predicted molar refractivity (Wildman–Crippen MR) is 166 cm³/mol.